The third-order valence-electron chi connectivity index (χ3n) is 4.19. The zero-order chi connectivity index (χ0) is 17.7. The Labute approximate surface area is 153 Å². The van der Waals surface area contributed by atoms with Gasteiger partial charge in [-0.1, -0.05) is 48.5 Å². The SMILES string of the molecule is CS(=O)(=O)N(CCC(=O)Nc1cccc(Cl)c1Cl)C1CCCCC1. The summed E-state index contributed by atoms with van der Waals surface area (Å²) >= 11 is 12.0. The van der Waals surface area contributed by atoms with Gasteiger partial charge in [-0.3, -0.25) is 4.79 Å². The molecule has 0 aromatic heterocycles. The lowest BCUT2D eigenvalue weighted by Gasteiger charge is -2.32. The molecule has 1 aliphatic carbocycles. The van der Waals surface area contributed by atoms with Gasteiger partial charge in [0.15, 0.2) is 0 Å². The van der Waals surface area contributed by atoms with Crippen LogP contribution in [-0.4, -0.2) is 37.5 Å². The van der Waals surface area contributed by atoms with Crippen LogP contribution in [0.1, 0.15) is 38.5 Å². The van der Waals surface area contributed by atoms with Gasteiger partial charge in [0.25, 0.3) is 0 Å². The fraction of sp³-hybridized carbons (Fsp3) is 0.562. The maximum absolute atomic E-state index is 12.2. The van der Waals surface area contributed by atoms with Crippen molar-refractivity contribution in [2.24, 2.45) is 0 Å². The minimum atomic E-state index is -3.34. The molecule has 1 saturated carbocycles. The number of sulfonamides is 1. The molecule has 1 aromatic carbocycles. The second-order valence-corrected chi connectivity index (χ2v) is 8.79. The lowest BCUT2D eigenvalue weighted by atomic mass is 9.95. The normalized spacial score (nSPS) is 16.3. The van der Waals surface area contributed by atoms with Crippen LogP contribution >= 0.6 is 23.2 Å². The van der Waals surface area contributed by atoms with Crippen molar-refractivity contribution in [3.63, 3.8) is 0 Å². The molecule has 0 bridgehead atoms. The molecule has 0 atom stereocenters. The number of carbonyl (C=O) groups excluding carboxylic acids is 1. The van der Waals surface area contributed by atoms with Gasteiger partial charge in [0, 0.05) is 19.0 Å². The van der Waals surface area contributed by atoms with E-state index >= 15 is 0 Å². The predicted molar refractivity (Wildman–Crippen MR) is 98.1 cm³/mol. The molecule has 0 aliphatic heterocycles. The summed E-state index contributed by atoms with van der Waals surface area (Å²) < 4.78 is 25.6. The first-order valence-corrected chi connectivity index (χ1v) is 10.6. The first-order valence-electron chi connectivity index (χ1n) is 7.99. The molecule has 1 aromatic rings. The number of nitrogens with zero attached hydrogens (tertiary/aromatic N) is 1. The number of amides is 1. The van der Waals surface area contributed by atoms with Crippen molar-refractivity contribution >= 4 is 44.8 Å². The average Bonchev–Trinajstić information content (AvgIpc) is 2.52. The Bertz CT molecular complexity index is 689. The summed E-state index contributed by atoms with van der Waals surface area (Å²) in [4.78, 5) is 12.2. The van der Waals surface area contributed by atoms with Crippen molar-refractivity contribution in [2.45, 2.75) is 44.6 Å². The molecule has 8 heteroatoms. The number of hydrogen-bond acceptors (Lipinski definition) is 3. The van der Waals surface area contributed by atoms with E-state index in [1.807, 2.05) is 0 Å². The van der Waals surface area contributed by atoms with Gasteiger partial charge < -0.3 is 5.32 Å². The van der Waals surface area contributed by atoms with Crippen molar-refractivity contribution < 1.29 is 13.2 Å². The fourth-order valence-electron chi connectivity index (χ4n) is 3.01. The maximum Gasteiger partial charge on any atom is 0.225 e. The van der Waals surface area contributed by atoms with E-state index in [9.17, 15) is 13.2 Å². The lowest BCUT2D eigenvalue weighted by Crippen LogP contribution is -2.42. The van der Waals surface area contributed by atoms with Crippen LogP contribution in [0.5, 0.6) is 0 Å². The summed E-state index contributed by atoms with van der Waals surface area (Å²) in [5.41, 5.74) is 0.428. The van der Waals surface area contributed by atoms with E-state index in [0.29, 0.717) is 10.7 Å². The van der Waals surface area contributed by atoms with Crippen molar-refractivity contribution in [2.75, 3.05) is 18.1 Å². The van der Waals surface area contributed by atoms with Crippen LogP contribution in [0.25, 0.3) is 0 Å². The zero-order valence-electron chi connectivity index (χ0n) is 13.6. The van der Waals surface area contributed by atoms with Crippen LogP contribution in [0, 0.1) is 0 Å². The minimum absolute atomic E-state index is 0.00342. The Kier molecular flexibility index (Phi) is 6.92. The van der Waals surface area contributed by atoms with Gasteiger partial charge in [-0.2, -0.15) is 4.31 Å². The molecule has 0 spiro atoms. The highest BCUT2D eigenvalue weighted by molar-refractivity contribution is 7.88. The molecule has 5 nitrogen and oxygen atoms in total. The van der Waals surface area contributed by atoms with Gasteiger partial charge in [-0.05, 0) is 25.0 Å². The van der Waals surface area contributed by atoms with E-state index < -0.39 is 10.0 Å². The Morgan fingerprint density at radius 1 is 1.25 bits per heavy atom. The summed E-state index contributed by atoms with van der Waals surface area (Å²) in [6.07, 6.45) is 6.19. The first-order chi connectivity index (χ1) is 11.3. The third kappa shape index (κ3) is 5.34. The molecule has 1 aliphatic rings. The van der Waals surface area contributed by atoms with E-state index in [1.165, 1.54) is 10.6 Å². The van der Waals surface area contributed by atoms with E-state index in [1.54, 1.807) is 18.2 Å². The van der Waals surface area contributed by atoms with Gasteiger partial charge in [0.05, 0.1) is 22.0 Å². The zero-order valence-corrected chi connectivity index (χ0v) is 15.9. The maximum atomic E-state index is 12.2. The molecule has 24 heavy (non-hydrogen) atoms. The number of anilines is 1. The fourth-order valence-corrected chi connectivity index (χ4v) is 4.54. The molecule has 1 amide bonds. The van der Waals surface area contributed by atoms with Crippen LogP contribution in [0.3, 0.4) is 0 Å². The van der Waals surface area contributed by atoms with Gasteiger partial charge in [-0.15, -0.1) is 0 Å². The average molecular weight is 393 g/mol. The standard InChI is InChI=1S/C16H22Cl2N2O3S/c1-24(22,23)20(12-6-3-2-4-7-12)11-10-15(21)19-14-9-5-8-13(17)16(14)18/h5,8-9,12H,2-4,6-7,10-11H2,1H3,(H,19,21). The number of carbonyl (C=O) groups is 1. The highest BCUT2D eigenvalue weighted by Gasteiger charge is 2.28. The van der Waals surface area contributed by atoms with Crippen LogP contribution in [-0.2, 0) is 14.8 Å². The molecule has 134 valence electrons. The van der Waals surface area contributed by atoms with Crippen LogP contribution in [0.15, 0.2) is 18.2 Å². The van der Waals surface area contributed by atoms with E-state index in [2.05, 4.69) is 5.32 Å². The van der Waals surface area contributed by atoms with E-state index in [4.69, 9.17) is 23.2 Å². The highest BCUT2D eigenvalue weighted by atomic mass is 35.5. The minimum Gasteiger partial charge on any atom is -0.325 e. The highest BCUT2D eigenvalue weighted by Crippen LogP contribution is 2.29. The Hall–Kier alpha value is -0.820. The van der Waals surface area contributed by atoms with E-state index in [0.717, 1.165) is 32.1 Å². The number of benzene rings is 1. The summed E-state index contributed by atoms with van der Waals surface area (Å²) in [5.74, 6) is -0.288. The lowest BCUT2D eigenvalue weighted by molar-refractivity contribution is -0.116. The molecule has 0 heterocycles. The van der Waals surface area contributed by atoms with Gasteiger partial charge >= 0.3 is 0 Å². The Balaban J connectivity index is 1.98. The summed E-state index contributed by atoms with van der Waals surface area (Å²) in [6, 6.07) is 4.97. The number of nitrogens with one attached hydrogen (secondary N) is 1. The van der Waals surface area contributed by atoms with Gasteiger partial charge in [0.1, 0.15) is 0 Å². The first kappa shape index (κ1) is 19.5. The molecule has 1 N–H and O–H groups in total. The predicted octanol–water partition coefficient (Wildman–Crippen LogP) is 3.92. The van der Waals surface area contributed by atoms with Gasteiger partial charge in [0.2, 0.25) is 15.9 Å². The number of rotatable bonds is 6. The number of hydrogen-bond donors (Lipinski definition) is 1. The summed E-state index contributed by atoms with van der Waals surface area (Å²) in [7, 11) is -3.34. The van der Waals surface area contributed by atoms with Gasteiger partial charge in [-0.25, -0.2) is 8.42 Å². The molecule has 2 rings (SSSR count). The molecule has 1 fully saturated rings. The second-order valence-electron chi connectivity index (χ2n) is 6.07. The number of halogens is 2. The Morgan fingerprint density at radius 2 is 1.92 bits per heavy atom. The second kappa shape index (κ2) is 8.52. The molecule has 0 unspecified atom stereocenters. The third-order valence-corrected chi connectivity index (χ3v) is 6.34. The van der Waals surface area contributed by atoms with Crippen molar-refractivity contribution in [1.82, 2.24) is 4.31 Å². The van der Waals surface area contributed by atoms with Crippen LogP contribution in [0.4, 0.5) is 5.69 Å². The summed E-state index contributed by atoms with van der Waals surface area (Å²) in [6.45, 7) is 0.174. The van der Waals surface area contributed by atoms with Crippen LogP contribution < -0.4 is 5.32 Å². The largest absolute Gasteiger partial charge is 0.325 e. The summed E-state index contributed by atoms with van der Waals surface area (Å²) in [5, 5.41) is 3.32. The van der Waals surface area contributed by atoms with Crippen molar-refractivity contribution in [3.8, 4) is 0 Å². The topological polar surface area (TPSA) is 66.5 Å². The van der Waals surface area contributed by atoms with Crippen molar-refractivity contribution in [1.29, 1.82) is 0 Å². The van der Waals surface area contributed by atoms with Crippen LogP contribution in [0.2, 0.25) is 10.0 Å². The molecule has 0 radical (unpaired) electrons. The van der Waals surface area contributed by atoms with Crippen molar-refractivity contribution in [3.05, 3.63) is 28.2 Å². The van der Waals surface area contributed by atoms with E-state index in [-0.39, 0.29) is 29.9 Å². The molecule has 0 saturated heterocycles. The molecular weight excluding hydrogens is 371 g/mol. The monoisotopic (exact) mass is 392 g/mol. The Morgan fingerprint density at radius 3 is 2.54 bits per heavy atom. The smallest absolute Gasteiger partial charge is 0.225 e. The quantitative estimate of drug-likeness (QED) is 0.797. The molecular formula is C16H22Cl2N2O3S.